The molecule has 3 nitrogen and oxygen atoms in total. The molecule has 0 bridgehead atoms. The van der Waals surface area contributed by atoms with Crippen LogP contribution in [0.2, 0.25) is 0 Å². The number of carbonyl (C=O) groups excluding carboxylic acids is 1. The van der Waals surface area contributed by atoms with Crippen molar-refractivity contribution in [1.82, 2.24) is 4.90 Å². The molecule has 0 spiro atoms. The predicted octanol–water partition coefficient (Wildman–Crippen LogP) is 1.08. The molecule has 1 aliphatic rings. The van der Waals surface area contributed by atoms with E-state index in [-0.39, 0.29) is 5.60 Å². The van der Waals surface area contributed by atoms with E-state index in [2.05, 4.69) is 18.7 Å². The van der Waals surface area contributed by atoms with Crippen molar-refractivity contribution in [2.75, 3.05) is 26.2 Å². The van der Waals surface area contributed by atoms with Gasteiger partial charge < -0.3 is 4.74 Å². The molecule has 0 amide bonds. The molecule has 0 radical (unpaired) electrons. The summed E-state index contributed by atoms with van der Waals surface area (Å²) in [7, 11) is 0. The Morgan fingerprint density at radius 1 is 1.54 bits per heavy atom. The Bertz CT molecular complexity index is 189. The highest BCUT2D eigenvalue weighted by atomic mass is 16.5. The first-order valence-electron chi connectivity index (χ1n) is 4.91. The smallest absolute Gasteiger partial charge is 0.146 e. The van der Waals surface area contributed by atoms with Crippen molar-refractivity contribution in [2.45, 2.75) is 32.8 Å². The summed E-state index contributed by atoms with van der Waals surface area (Å²) < 4.78 is 5.56. The van der Waals surface area contributed by atoms with Crippen molar-refractivity contribution in [3.63, 3.8) is 0 Å². The van der Waals surface area contributed by atoms with Crippen molar-refractivity contribution in [1.29, 1.82) is 0 Å². The number of ether oxygens (including phenoxy) is 1. The van der Waals surface area contributed by atoms with Gasteiger partial charge in [-0.15, -0.1) is 0 Å². The molecule has 0 unspecified atom stereocenters. The van der Waals surface area contributed by atoms with Gasteiger partial charge in [-0.1, -0.05) is 6.92 Å². The maximum atomic E-state index is 11.2. The Morgan fingerprint density at radius 2 is 2.23 bits per heavy atom. The van der Waals surface area contributed by atoms with Gasteiger partial charge in [0.1, 0.15) is 5.78 Å². The molecule has 0 aromatic heterocycles. The second kappa shape index (κ2) is 4.20. The SMILES string of the molecule is CCC(=O)CN1CCOC(C)(C)C1. The second-order valence-corrected chi connectivity index (χ2v) is 4.21. The second-order valence-electron chi connectivity index (χ2n) is 4.21. The van der Waals surface area contributed by atoms with E-state index in [4.69, 9.17) is 4.74 Å². The fraction of sp³-hybridized carbons (Fsp3) is 0.900. The number of hydrogen-bond donors (Lipinski definition) is 0. The van der Waals surface area contributed by atoms with Gasteiger partial charge in [-0.3, -0.25) is 9.69 Å². The molecule has 76 valence electrons. The molecule has 13 heavy (non-hydrogen) atoms. The van der Waals surface area contributed by atoms with Gasteiger partial charge >= 0.3 is 0 Å². The molecule has 1 rings (SSSR count). The third kappa shape index (κ3) is 3.44. The van der Waals surface area contributed by atoms with E-state index < -0.39 is 0 Å². The number of carbonyl (C=O) groups is 1. The highest BCUT2D eigenvalue weighted by molar-refractivity contribution is 5.80. The third-order valence-corrected chi connectivity index (χ3v) is 2.30. The Balaban J connectivity index is 2.39. The van der Waals surface area contributed by atoms with Gasteiger partial charge in [0.25, 0.3) is 0 Å². The largest absolute Gasteiger partial charge is 0.373 e. The Kier molecular flexibility index (Phi) is 3.45. The number of Topliss-reactive ketones (excluding diaryl/α,β-unsaturated/α-hetero) is 1. The van der Waals surface area contributed by atoms with Crippen molar-refractivity contribution < 1.29 is 9.53 Å². The molecular formula is C10H19NO2. The standard InChI is InChI=1S/C10H19NO2/c1-4-9(12)7-11-5-6-13-10(2,3)8-11/h4-8H2,1-3H3. The van der Waals surface area contributed by atoms with Crippen LogP contribution in [0.4, 0.5) is 0 Å². The maximum Gasteiger partial charge on any atom is 0.146 e. The lowest BCUT2D eigenvalue weighted by molar-refractivity contribution is -0.125. The zero-order chi connectivity index (χ0) is 9.90. The van der Waals surface area contributed by atoms with E-state index in [1.165, 1.54) is 0 Å². The number of nitrogens with zero attached hydrogens (tertiary/aromatic N) is 1. The van der Waals surface area contributed by atoms with Crippen molar-refractivity contribution in [3.8, 4) is 0 Å². The topological polar surface area (TPSA) is 29.5 Å². The van der Waals surface area contributed by atoms with Crippen LogP contribution >= 0.6 is 0 Å². The van der Waals surface area contributed by atoms with Gasteiger partial charge in [-0.2, -0.15) is 0 Å². The van der Waals surface area contributed by atoms with Crippen molar-refractivity contribution in [3.05, 3.63) is 0 Å². The van der Waals surface area contributed by atoms with Crippen LogP contribution in [-0.2, 0) is 9.53 Å². The lowest BCUT2D eigenvalue weighted by Crippen LogP contribution is -2.49. The third-order valence-electron chi connectivity index (χ3n) is 2.30. The van der Waals surface area contributed by atoms with E-state index in [1.807, 2.05) is 6.92 Å². The summed E-state index contributed by atoms with van der Waals surface area (Å²) >= 11 is 0. The van der Waals surface area contributed by atoms with Crippen LogP contribution in [0.15, 0.2) is 0 Å². The molecule has 3 heteroatoms. The highest BCUT2D eigenvalue weighted by Gasteiger charge is 2.27. The first-order valence-corrected chi connectivity index (χ1v) is 4.91. The molecule has 0 atom stereocenters. The molecule has 0 aromatic carbocycles. The zero-order valence-corrected chi connectivity index (χ0v) is 8.80. The number of morpholine rings is 1. The fourth-order valence-corrected chi connectivity index (χ4v) is 1.61. The molecule has 1 heterocycles. The minimum absolute atomic E-state index is 0.0910. The van der Waals surface area contributed by atoms with Crippen molar-refractivity contribution in [2.24, 2.45) is 0 Å². The summed E-state index contributed by atoms with van der Waals surface area (Å²) in [5.74, 6) is 0.317. The maximum absolute atomic E-state index is 11.2. The quantitative estimate of drug-likeness (QED) is 0.659. The number of ketones is 1. The monoisotopic (exact) mass is 185 g/mol. The number of hydrogen-bond acceptors (Lipinski definition) is 3. The lowest BCUT2D eigenvalue weighted by Gasteiger charge is -2.37. The van der Waals surface area contributed by atoms with Crippen LogP contribution in [0, 0.1) is 0 Å². The van der Waals surface area contributed by atoms with Gasteiger partial charge in [-0.05, 0) is 13.8 Å². The first kappa shape index (κ1) is 10.7. The van der Waals surface area contributed by atoms with Crippen LogP contribution < -0.4 is 0 Å². The van der Waals surface area contributed by atoms with Crippen molar-refractivity contribution >= 4 is 5.78 Å². The summed E-state index contributed by atoms with van der Waals surface area (Å²) in [6, 6.07) is 0. The van der Waals surface area contributed by atoms with Crippen LogP contribution in [0.1, 0.15) is 27.2 Å². The molecule has 0 N–H and O–H groups in total. The fourth-order valence-electron chi connectivity index (χ4n) is 1.61. The van der Waals surface area contributed by atoms with E-state index >= 15 is 0 Å². The molecule has 0 aromatic rings. The van der Waals surface area contributed by atoms with Gasteiger partial charge in [0.2, 0.25) is 0 Å². The van der Waals surface area contributed by atoms with E-state index in [0.29, 0.717) is 18.7 Å². The molecule has 1 fully saturated rings. The molecule has 0 saturated carbocycles. The van der Waals surface area contributed by atoms with E-state index in [0.717, 1.165) is 19.7 Å². The summed E-state index contributed by atoms with van der Waals surface area (Å²) in [4.78, 5) is 13.4. The minimum Gasteiger partial charge on any atom is -0.373 e. The molecule has 0 aliphatic carbocycles. The van der Waals surface area contributed by atoms with Gasteiger partial charge in [0, 0.05) is 19.5 Å². The minimum atomic E-state index is -0.0910. The molecule has 1 aliphatic heterocycles. The van der Waals surface area contributed by atoms with Gasteiger partial charge in [0.15, 0.2) is 0 Å². The predicted molar refractivity (Wildman–Crippen MR) is 51.8 cm³/mol. The molecule has 1 saturated heterocycles. The zero-order valence-electron chi connectivity index (χ0n) is 8.80. The summed E-state index contributed by atoms with van der Waals surface area (Å²) in [6.45, 7) is 9.11. The normalized spacial score (nSPS) is 23.0. The highest BCUT2D eigenvalue weighted by Crippen LogP contribution is 2.15. The first-order chi connectivity index (χ1) is 6.03. The average Bonchev–Trinajstić information content (AvgIpc) is 2.02. The summed E-state index contributed by atoms with van der Waals surface area (Å²) in [5, 5.41) is 0. The van der Waals surface area contributed by atoms with E-state index in [1.54, 1.807) is 0 Å². The van der Waals surface area contributed by atoms with Gasteiger partial charge in [0.05, 0.1) is 18.8 Å². The summed E-state index contributed by atoms with van der Waals surface area (Å²) in [5.41, 5.74) is -0.0910. The Hall–Kier alpha value is -0.410. The van der Waals surface area contributed by atoms with Crippen LogP contribution in [-0.4, -0.2) is 42.5 Å². The van der Waals surface area contributed by atoms with Crippen LogP contribution in [0.5, 0.6) is 0 Å². The lowest BCUT2D eigenvalue weighted by atomic mass is 10.1. The number of rotatable bonds is 3. The average molecular weight is 185 g/mol. The van der Waals surface area contributed by atoms with Crippen LogP contribution in [0.25, 0.3) is 0 Å². The Morgan fingerprint density at radius 3 is 2.77 bits per heavy atom. The summed E-state index contributed by atoms with van der Waals surface area (Å²) in [6.07, 6.45) is 0.637. The Labute approximate surface area is 80.1 Å². The van der Waals surface area contributed by atoms with E-state index in [9.17, 15) is 4.79 Å². The van der Waals surface area contributed by atoms with Gasteiger partial charge in [-0.25, -0.2) is 0 Å². The molecular weight excluding hydrogens is 166 g/mol. The van der Waals surface area contributed by atoms with Crippen LogP contribution in [0.3, 0.4) is 0 Å².